The van der Waals surface area contributed by atoms with Gasteiger partial charge in [-0.1, -0.05) is 6.92 Å². The van der Waals surface area contributed by atoms with Gasteiger partial charge >= 0.3 is 5.97 Å². The Labute approximate surface area is 115 Å². The van der Waals surface area contributed by atoms with Crippen molar-refractivity contribution >= 4 is 17.3 Å². The van der Waals surface area contributed by atoms with E-state index in [1.165, 1.54) is 0 Å². The summed E-state index contributed by atoms with van der Waals surface area (Å²) in [5.74, 6) is 0.458. The first-order valence-electron chi connectivity index (χ1n) is 6.50. The summed E-state index contributed by atoms with van der Waals surface area (Å²) in [4.78, 5) is 16.9. The molecule has 1 unspecified atom stereocenters. The topological polar surface area (TPSA) is 63.3 Å². The molecule has 4 nitrogen and oxygen atoms in total. The van der Waals surface area contributed by atoms with Crippen molar-refractivity contribution in [1.29, 1.82) is 0 Å². The van der Waals surface area contributed by atoms with Crippen molar-refractivity contribution in [3.63, 3.8) is 0 Å². The maximum Gasteiger partial charge on any atom is 0.312 e. The normalized spacial score (nSPS) is 18.3. The summed E-state index contributed by atoms with van der Waals surface area (Å²) in [5, 5.41) is 10.1. The van der Waals surface area contributed by atoms with Crippen molar-refractivity contribution < 1.29 is 14.3 Å². The van der Waals surface area contributed by atoms with Gasteiger partial charge in [0.25, 0.3) is 0 Å². The van der Waals surface area contributed by atoms with Gasteiger partial charge in [0, 0.05) is 11.3 Å². The standard InChI is InChI=1S/C14H15NO3S/c1-2-8-6-7-10(18-8)13-15-12-9(14(16)17)4-3-5-11(12)19-13/h6-7,9H,2-5H2,1H3,(H,16,17). The molecule has 2 heterocycles. The minimum absolute atomic E-state index is 0.450. The van der Waals surface area contributed by atoms with Crippen LogP contribution >= 0.6 is 11.3 Å². The number of aromatic nitrogens is 1. The van der Waals surface area contributed by atoms with E-state index in [4.69, 9.17) is 4.42 Å². The molecule has 1 aliphatic carbocycles. The van der Waals surface area contributed by atoms with Crippen molar-refractivity contribution in [2.45, 2.75) is 38.5 Å². The number of carbonyl (C=O) groups is 1. The van der Waals surface area contributed by atoms with Crippen molar-refractivity contribution in [3.8, 4) is 10.8 Å². The number of rotatable bonds is 3. The Balaban J connectivity index is 1.99. The zero-order chi connectivity index (χ0) is 13.4. The lowest BCUT2D eigenvalue weighted by Gasteiger charge is -2.16. The Hall–Kier alpha value is -1.62. The van der Waals surface area contributed by atoms with Crippen LogP contribution in [0.25, 0.3) is 10.8 Å². The predicted molar refractivity (Wildman–Crippen MR) is 72.5 cm³/mol. The van der Waals surface area contributed by atoms with Crippen LogP contribution in [-0.4, -0.2) is 16.1 Å². The van der Waals surface area contributed by atoms with Crippen LogP contribution < -0.4 is 0 Å². The number of hydrogen-bond donors (Lipinski definition) is 1. The van der Waals surface area contributed by atoms with Gasteiger partial charge in [0.05, 0.1) is 5.69 Å². The molecule has 3 rings (SSSR count). The van der Waals surface area contributed by atoms with Gasteiger partial charge in [-0.3, -0.25) is 4.79 Å². The molecule has 2 aromatic rings. The van der Waals surface area contributed by atoms with E-state index in [9.17, 15) is 9.90 Å². The lowest BCUT2D eigenvalue weighted by Crippen LogP contribution is -2.17. The first-order valence-corrected chi connectivity index (χ1v) is 7.32. The molecule has 2 aromatic heterocycles. The van der Waals surface area contributed by atoms with E-state index in [1.807, 2.05) is 19.1 Å². The number of aliphatic carboxylic acids is 1. The van der Waals surface area contributed by atoms with E-state index in [2.05, 4.69) is 4.98 Å². The molecule has 19 heavy (non-hydrogen) atoms. The highest BCUT2D eigenvalue weighted by molar-refractivity contribution is 7.15. The van der Waals surface area contributed by atoms with E-state index in [-0.39, 0.29) is 0 Å². The Morgan fingerprint density at radius 3 is 3.11 bits per heavy atom. The second-order valence-electron chi connectivity index (χ2n) is 4.73. The number of nitrogens with zero attached hydrogens (tertiary/aromatic N) is 1. The second-order valence-corrected chi connectivity index (χ2v) is 5.81. The molecule has 5 heteroatoms. The Kier molecular flexibility index (Phi) is 3.14. The fraction of sp³-hybridized carbons (Fsp3) is 0.429. The van der Waals surface area contributed by atoms with Gasteiger partial charge in [-0.2, -0.15) is 0 Å². The molecule has 100 valence electrons. The van der Waals surface area contributed by atoms with Crippen LogP contribution in [0.3, 0.4) is 0 Å². The largest absolute Gasteiger partial charge is 0.481 e. The number of fused-ring (bicyclic) bond motifs is 1. The van der Waals surface area contributed by atoms with Crippen molar-refractivity contribution in [1.82, 2.24) is 4.98 Å². The smallest absolute Gasteiger partial charge is 0.312 e. The van der Waals surface area contributed by atoms with Crippen LogP contribution in [0.1, 0.15) is 42.0 Å². The molecule has 0 aromatic carbocycles. The van der Waals surface area contributed by atoms with Crippen LogP contribution in [0.5, 0.6) is 0 Å². The van der Waals surface area contributed by atoms with E-state index in [0.717, 1.165) is 46.4 Å². The fourth-order valence-electron chi connectivity index (χ4n) is 2.45. The van der Waals surface area contributed by atoms with Gasteiger partial charge in [-0.15, -0.1) is 11.3 Å². The van der Waals surface area contributed by atoms with Gasteiger partial charge in [-0.25, -0.2) is 4.98 Å². The average molecular weight is 277 g/mol. The van der Waals surface area contributed by atoms with E-state index >= 15 is 0 Å². The predicted octanol–water partition coefficient (Wildman–Crippen LogP) is 3.47. The number of carboxylic acids is 1. The molecule has 0 aliphatic heterocycles. The third-order valence-corrected chi connectivity index (χ3v) is 4.62. The number of furan rings is 1. The molecule has 0 bridgehead atoms. The number of thiazole rings is 1. The molecule has 0 saturated carbocycles. The Morgan fingerprint density at radius 1 is 1.58 bits per heavy atom. The molecule has 0 radical (unpaired) electrons. The highest BCUT2D eigenvalue weighted by Crippen LogP contribution is 2.38. The van der Waals surface area contributed by atoms with E-state index < -0.39 is 11.9 Å². The monoisotopic (exact) mass is 277 g/mol. The first kappa shape index (κ1) is 12.4. The van der Waals surface area contributed by atoms with Crippen molar-refractivity contribution in [2.24, 2.45) is 0 Å². The second kappa shape index (κ2) is 4.81. The third kappa shape index (κ3) is 2.18. The number of carboxylic acid groups (broad SMARTS) is 1. The van der Waals surface area contributed by atoms with E-state index in [1.54, 1.807) is 11.3 Å². The summed E-state index contributed by atoms with van der Waals surface area (Å²) in [5.41, 5.74) is 0.744. The van der Waals surface area contributed by atoms with Gasteiger partial charge < -0.3 is 9.52 Å². The Morgan fingerprint density at radius 2 is 2.42 bits per heavy atom. The first-order chi connectivity index (χ1) is 9.19. The Bertz CT molecular complexity index is 614. The number of hydrogen-bond acceptors (Lipinski definition) is 4. The zero-order valence-electron chi connectivity index (χ0n) is 10.7. The van der Waals surface area contributed by atoms with Crippen LogP contribution in [0.4, 0.5) is 0 Å². The SMILES string of the molecule is CCc1ccc(-c2nc3c(s2)CCCC3C(=O)O)o1. The highest BCUT2D eigenvalue weighted by Gasteiger charge is 2.30. The minimum atomic E-state index is -0.772. The summed E-state index contributed by atoms with van der Waals surface area (Å²) in [6.45, 7) is 2.04. The summed E-state index contributed by atoms with van der Waals surface area (Å²) in [6.07, 6.45) is 3.38. The molecular weight excluding hydrogens is 262 g/mol. The molecule has 0 fully saturated rings. The summed E-state index contributed by atoms with van der Waals surface area (Å²) < 4.78 is 5.69. The van der Waals surface area contributed by atoms with Gasteiger partial charge in [-0.05, 0) is 31.4 Å². The summed E-state index contributed by atoms with van der Waals surface area (Å²) in [6, 6.07) is 3.86. The quantitative estimate of drug-likeness (QED) is 0.933. The summed E-state index contributed by atoms with van der Waals surface area (Å²) in [7, 11) is 0. The minimum Gasteiger partial charge on any atom is -0.481 e. The molecule has 0 saturated heterocycles. The highest BCUT2D eigenvalue weighted by atomic mass is 32.1. The van der Waals surface area contributed by atoms with Crippen LogP contribution in [0.2, 0.25) is 0 Å². The zero-order valence-corrected chi connectivity index (χ0v) is 11.5. The molecule has 1 atom stereocenters. The molecule has 0 amide bonds. The van der Waals surface area contributed by atoms with Gasteiger partial charge in [0.15, 0.2) is 10.8 Å². The molecule has 1 aliphatic rings. The average Bonchev–Trinajstić information content (AvgIpc) is 3.03. The summed E-state index contributed by atoms with van der Waals surface area (Å²) >= 11 is 1.57. The maximum absolute atomic E-state index is 11.3. The third-order valence-electron chi connectivity index (χ3n) is 3.47. The molecule has 1 N–H and O–H groups in total. The lowest BCUT2D eigenvalue weighted by atomic mass is 9.91. The van der Waals surface area contributed by atoms with Crippen molar-refractivity contribution in [3.05, 3.63) is 28.5 Å². The molecule has 0 spiro atoms. The van der Waals surface area contributed by atoms with Gasteiger partial charge in [0.1, 0.15) is 11.7 Å². The number of aryl methyl sites for hydroxylation is 2. The molecular formula is C14H15NO3S. The van der Waals surface area contributed by atoms with Gasteiger partial charge in [0.2, 0.25) is 0 Å². The fourth-order valence-corrected chi connectivity index (χ4v) is 3.57. The van der Waals surface area contributed by atoms with E-state index in [0.29, 0.717) is 6.42 Å². The van der Waals surface area contributed by atoms with Crippen LogP contribution in [-0.2, 0) is 17.6 Å². The maximum atomic E-state index is 11.3. The van der Waals surface area contributed by atoms with Crippen molar-refractivity contribution in [2.75, 3.05) is 0 Å². The lowest BCUT2D eigenvalue weighted by molar-refractivity contribution is -0.139. The van der Waals surface area contributed by atoms with Crippen LogP contribution in [0, 0.1) is 0 Å². The van der Waals surface area contributed by atoms with Crippen LogP contribution in [0.15, 0.2) is 16.5 Å².